The minimum Gasteiger partial charge on any atom is -0.549 e. The summed E-state index contributed by atoms with van der Waals surface area (Å²) in [6.07, 6.45) is 0.457. The van der Waals surface area contributed by atoms with Gasteiger partial charge in [0.1, 0.15) is 0 Å². The van der Waals surface area contributed by atoms with Gasteiger partial charge < -0.3 is 19.8 Å². The fourth-order valence-corrected chi connectivity index (χ4v) is 0.894. The maximum Gasteiger partial charge on any atom is 2.00 e. The summed E-state index contributed by atoms with van der Waals surface area (Å²) in [6, 6.07) is 0. The van der Waals surface area contributed by atoms with Gasteiger partial charge in [-0.15, -0.1) is 0 Å². The van der Waals surface area contributed by atoms with Crippen molar-refractivity contribution in [1.29, 1.82) is 0 Å². The van der Waals surface area contributed by atoms with Crippen molar-refractivity contribution in [1.82, 2.24) is 0 Å². The number of rotatable bonds is 4. The summed E-state index contributed by atoms with van der Waals surface area (Å²) in [7, 11) is 0. The van der Waals surface area contributed by atoms with Crippen molar-refractivity contribution in [2.45, 2.75) is 27.2 Å². The fraction of sp³-hybridized carbons (Fsp3) is 0.750. The Balaban J connectivity index is 0. The normalized spacial score (nSPS) is 12.8. The van der Waals surface area contributed by atoms with Crippen LogP contribution in [0.5, 0.6) is 0 Å². The predicted octanol–water partition coefficient (Wildman–Crippen LogP) is -1.84. The third-order valence-corrected chi connectivity index (χ3v) is 2.45. The van der Waals surface area contributed by atoms with Gasteiger partial charge in [0.15, 0.2) is 0 Å². The molecule has 0 aromatic heterocycles. The Kier molecular flexibility index (Phi) is 7.03. The second-order valence-corrected chi connectivity index (χ2v) is 3.09. The van der Waals surface area contributed by atoms with Crippen LogP contribution in [0.25, 0.3) is 0 Å². The average Bonchev–Trinajstić information content (AvgIpc) is 2.00. The van der Waals surface area contributed by atoms with Gasteiger partial charge in [-0.25, -0.2) is 0 Å². The van der Waals surface area contributed by atoms with Crippen molar-refractivity contribution in [2.75, 3.05) is 0 Å². The van der Waals surface area contributed by atoms with E-state index in [0.29, 0.717) is 6.42 Å². The van der Waals surface area contributed by atoms with Crippen molar-refractivity contribution in [3.05, 3.63) is 0 Å². The van der Waals surface area contributed by atoms with Gasteiger partial charge in [0.2, 0.25) is 0 Å². The first-order valence-corrected chi connectivity index (χ1v) is 3.80. The van der Waals surface area contributed by atoms with Crippen molar-refractivity contribution >= 4 is 49.7 Å². The summed E-state index contributed by atoms with van der Waals surface area (Å²) in [5.41, 5.74) is -1.88. The van der Waals surface area contributed by atoms with Crippen LogP contribution < -0.4 is 10.2 Å². The molecule has 0 saturated heterocycles. The molecule has 0 fully saturated rings. The van der Waals surface area contributed by atoms with Crippen molar-refractivity contribution in [3.63, 3.8) is 0 Å². The number of carbonyl (C=O) groups excluding carboxylic acids is 2. The SMILES string of the molecule is CCC(C)C(C)(C(=O)[O-])C(=O)[O-].[Ca+2]. The Morgan fingerprint density at radius 3 is 1.69 bits per heavy atom. The van der Waals surface area contributed by atoms with Crippen LogP contribution in [0.1, 0.15) is 27.2 Å². The number of carbonyl (C=O) groups is 2. The van der Waals surface area contributed by atoms with Crippen molar-refractivity contribution < 1.29 is 19.8 Å². The molecule has 13 heavy (non-hydrogen) atoms. The summed E-state index contributed by atoms with van der Waals surface area (Å²) in [5, 5.41) is 21.1. The van der Waals surface area contributed by atoms with Gasteiger partial charge >= 0.3 is 37.7 Å². The van der Waals surface area contributed by atoms with Crippen LogP contribution in [0, 0.1) is 11.3 Å². The summed E-state index contributed by atoms with van der Waals surface area (Å²) in [4.78, 5) is 21.1. The smallest absolute Gasteiger partial charge is 0.549 e. The Morgan fingerprint density at radius 1 is 1.31 bits per heavy atom. The zero-order valence-electron chi connectivity index (χ0n) is 8.12. The zero-order valence-corrected chi connectivity index (χ0v) is 10.3. The van der Waals surface area contributed by atoms with Crippen LogP contribution in [-0.2, 0) is 9.59 Å². The maximum absolute atomic E-state index is 10.5. The van der Waals surface area contributed by atoms with E-state index in [9.17, 15) is 19.8 Å². The van der Waals surface area contributed by atoms with E-state index in [1.807, 2.05) is 0 Å². The van der Waals surface area contributed by atoms with Gasteiger partial charge in [0.25, 0.3) is 0 Å². The molecule has 1 atom stereocenters. The molecule has 0 aromatic rings. The van der Waals surface area contributed by atoms with Crippen molar-refractivity contribution in [3.8, 4) is 0 Å². The van der Waals surface area contributed by atoms with E-state index >= 15 is 0 Å². The fourth-order valence-electron chi connectivity index (χ4n) is 0.894. The third kappa shape index (κ3) is 3.11. The van der Waals surface area contributed by atoms with E-state index in [2.05, 4.69) is 0 Å². The van der Waals surface area contributed by atoms with Gasteiger partial charge in [-0.3, -0.25) is 0 Å². The molecular formula is C8H12CaO4. The third-order valence-electron chi connectivity index (χ3n) is 2.45. The summed E-state index contributed by atoms with van der Waals surface area (Å²) in [5.74, 6) is -3.67. The Morgan fingerprint density at radius 2 is 1.62 bits per heavy atom. The number of carboxylic acid groups (broad SMARTS) is 2. The number of hydrogen-bond acceptors (Lipinski definition) is 4. The van der Waals surface area contributed by atoms with Crippen molar-refractivity contribution in [2.24, 2.45) is 11.3 Å². The number of hydrogen-bond donors (Lipinski definition) is 0. The Labute approximate surface area is 107 Å². The Bertz CT molecular complexity index is 188. The molecule has 5 heteroatoms. The molecule has 1 unspecified atom stereocenters. The van der Waals surface area contributed by atoms with Gasteiger partial charge in [-0.1, -0.05) is 20.3 Å². The summed E-state index contributed by atoms with van der Waals surface area (Å²) >= 11 is 0. The molecule has 0 aromatic carbocycles. The van der Waals surface area contributed by atoms with E-state index in [-0.39, 0.29) is 37.7 Å². The summed E-state index contributed by atoms with van der Waals surface area (Å²) in [6.45, 7) is 4.38. The molecule has 0 amide bonds. The molecule has 0 heterocycles. The maximum atomic E-state index is 10.5. The quantitative estimate of drug-likeness (QED) is 0.405. The van der Waals surface area contributed by atoms with E-state index in [4.69, 9.17) is 0 Å². The van der Waals surface area contributed by atoms with E-state index in [1.165, 1.54) is 0 Å². The first-order valence-electron chi connectivity index (χ1n) is 3.80. The summed E-state index contributed by atoms with van der Waals surface area (Å²) < 4.78 is 0. The van der Waals surface area contributed by atoms with E-state index < -0.39 is 23.3 Å². The molecule has 70 valence electrons. The van der Waals surface area contributed by atoms with Crippen LogP contribution in [0.4, 0.5) is 0 Å². The van der Waals surface area contributed by atoms with Crippen LogP contribution in [0.3, 0.4) is 0 Å². The molecule has 0 saturated carbocycles. The van der Waals surface area contributed by atoms with E-state index in [1.54, 1.807) is 13.8 Å². The van der Waals surface area contributed by atoms with Crippen LogP contribution in [0.2, 0.25) is 0 Å². The minimum atomic E-state index is -1.88. The molecule has 0 aliphatic rings. The number of carboxylic acids is 2. The van der Waals surface area contributed by atoms with E-state index in [0.717, 1.165) is 6.92 Å². The largest absolute Gasteiger partial charge is 2.00 e. The molecular weight excluding hydrogens is 200 g/mol. The number of aliphatic carboxylic acids is 2. The molecule has 0 radical (unpaired) electrons. The van der Waals surface area contributed by atoms with Gasteiger partial charge in [0.05, 0.1) is 11.9 Å². The predicted molar refractivity (Wildman–Crippen MR) is 43.3 cm³/mol. The molecule has 4 nitrogen and oxygen atoms in total. The average molecular weight is 212 g/mol. The minimum absolute atomic E-state index is 0. The van der Waals surface area contributed by atoms with Gasteiger partial charge in [-0.05, 0) is 12.8 Å². The Hall–Kier alpha value is 0.200. The molecule has 0 aliphatic carbocycles. The standard InChI is InChI=1S/C8H14O4.Ca/c1-4-5(2)8(3,6(9)10)7(11)12;/h5H,4H2,1-3H3,(H,9,10)(H,11,12);/q;+2/p-2. The molecule has 0 spiro atoms. The molecule has 0 aliphatic heterocycles. The molecule has 0 bridgehead atoms. The first kappa shape index (κ1) is 15.7. The van der Waals surface area contributed by atoms with Crippen LogP contribution in [-0.4, -0.2) is 49.7 Å². The van der Waals surface area contributed by atoms with Crippen LogP contribution in [0.15, 0.2) is 0 Å². The van der Waals surface area contributed by atoms with Crippen LogP contribution >= 0.6 is 0 Å². The van der Waals surface area contributed by atoms with Gasteiger partial charge in [0, 0.05) is 5.41 Å². The monoisotopic (exact) mass is 212 g/mol. The molecule has 0 N–H and O–H groups in total. The second-order valence-electron chi connectivity index (χ2n) is 3.09. The first-order chi connectivity index (χ1) is 5.37. The molecule has 0 rings (SSSR count). The zero-order chi connectivity index (χ0) is 9.94. The topological polar surface area (TPSA) is 80.3 Å². The second kappa shape index (κ2) is 5.83. The van der Waals surface area contributed by atoms with Gasteiger partial charge in [-0.2, -0.15) is 0 Å².